The molecule has 4 aromatic rings. The average Bonchev–Trinajstić information content (AvgIpc) is 1.63. The van der Waals surface area contributed by atoms with Gasteiger partial charge in [0.05, 0.1) is 63.1 Å². The van der Waals surface area contributed by atoms with Crippen LogP contribution in [-0.4, -0.2) is 278 Å². The van der Waals surface area contributed by atoms with Crippen molar-refractivity contribution < 1.29 is 85.5 Å². The average molecular weight is 1480 g/mol. The van der Waals surface area contributed by atoms with E-state index in [1.807, 2.05) is 4.90 Å². The number of rotatable bonds is 45. The van der Waals surface area contributed by atoms with E-state index in [2.05, 4.69) is 55.8 Å². The van der Waals surface area contributed by atoms with Crippen LogP contribution in [0, 0.1) is 27.9 Å². The van der Waals surface area contributed by atoms with Gasteiger partial charge >= 0.3 is 19.5 Å². The molecule has 5 rings (SSSR count). The number of nitrogens with zero attached hydrogens (tertiary/aromatic N) is 7. The number of aromatic nitrogens is 3. The smallest absolute Gasteiger partial charge is 0.339 e. The highest BCUT2D eigenvalue weighted by atomic mass is 32.2. The molecule has 1 aliphatic heterocycles. The number of anilines is 1. The van der Waals surface area contributed by atoms with Crippen molar-refractivity contribution in [1.29, 1.82) is 0 Å². The Morgan fingerprint density at radius 2 is 1.34 bits per heavy atom. The van der Waals surface area contributed by atoms with Crippen LogP contribution in [-0.2, 0) is 71.2 Å². The van der Waals surface area contributed by atoms with E-state index in [0.717, 1.165) is 5.56 Å². The molecule has 2 aromatic heterocycles. The molecule has 0 bridgehead atoms. The highest BCUT2D eigenvalue weighted by Crippen LogP contribution is 2.35. The first kappa shape index (κ1) is 84.6. The number of pyridine rings is 1. The summed E-state index contributed by atoms with van der Waals surface area (Å²) in [5.74, 6) is -4.03. The summed E-state index contributed by atoms with van der Waals surface area (Å²) in [6.07, 6.45) is 6.79. The SMILES string of the molecule is [CH]N1CCN([CH])CCN(CC(=O)N[C@H](CCCCNC(=O)CN(CP)CP(=O)(O)O)C(=O)NCCCOCCOCCOCCCNC(=O)CCCOc2cc(C)c(S(=O)(=O)NC(CNC(=O)c3cn(C)c4cc(CNc5ncc[nH]5)ccc4c3=O)C(=O)O)c(C)c2)CCN(CC(=O)O)CC1. The van der Waals surface area contributed by atoms with Gasteiger partial charge in [-0.1, -0.05) is 6.07 Å². The van der Waals surface area contributed by atoms with Gasteiger partial charge in [-0.25, -0.2) is 13.4 Å². The summed E-state index contributed by atoms with van der Waals surface area (Å²) in [6, 6.07) is 5.33. The van der Waals surface area contributed by atoms with E-state index in [1.165, 1.54) is 37.1 Å². The summed E-state index contributed by atoms with van der Waals surface area (Å²) in [4.78, 5) is 136. The second-order valence-electron chi connectivity index (χ2n) is 24.2. The molecule has 12 N–H and O–H groups in total. The standard InChI is InChI=1S/C64H99N15O19P2S/c1-46-35-49(36-47(2)60(46)101(93,94)73-53(63(88)89)39-70-61(86)51-40-76(5)54-37-48(13-14-50(54)59(51)85)38-71-64-68-18-19-69-64)98-30-8-12-55(80)65-16-9-28-95-31-33-97-34-32-96-29-10-17-67-62(87)52(11-6-7-15-66-56(81)41-79(44-99)45-100(90,91)92)72-57(82)42-77-24-22-74(3)20-21-75(4)23-25-78(27-26-77)43-58(83)84/h3-4,13-14,18-19,35-37,40,52-53,73H,6-12,15-17,20-34,38-39,41-45,99H2,1-2,5H3,(H,65,80)(H,66,81)(H,67,87)(H,70,86)(H,72,82)(H,83,84)(H,88,89)(H2,68,69,71)(H2,90,91,92)/t52-,53?/m1/s1. The van der Waals surface area contributed by atoms with Gasteiger partial charge in [0.25, 0.3) is 5.91 Å². The minimum absolute atomic E-state index is 0.0965. The third-order valence-electron chi connectivity index (χ3n) is 15.8. The zero-order chi connectivity index (χ0) is 73.9. The number of nitrogens with one attached hydrogen (secondary N) is 8. The zero-order valence-corrected chi connectivity index (χ0v) is 60.4. The quantitative estimate of drug-likeness (QED) is 0.0197. The Morgan fingerprint density at radius 3 is 1.94 bits per heavy atom. The van der Waals surface area contributed by atoms with Crippen LogP contribution in [0.2, 0.25) is 0 Å². The van der Waals surface area contributed by atoms with Crippen LogP contribution in [0.1, 0.15) is 72.0 Å². The normalized spacial score (nSPS) is 14.7. The Hall–Kier alpha value is -7.08. The molecular weight excluding hydrogens is 1380 g/mol. The first-order chi connectivity index (χ1) is 48.1. The number of carbonyl (C=O) groups excluding carboxylic acids is 5. The first-order valence-electron chi connectivity index (χ1n) is 33.2. The molecule has 0 saturated carbocycles. The lowest BCUT2D eigenvalue weighted by atomic mass is 10.1. The van der Waals surface area contributed by atoms with Crippen LogP contribution in [0.4, 0.5) is 5.95 Å². The molecule has 560 valence electrons. The molecule has 101 heavy (non-hydrogen) atoms. The third kappa shape index (κ3) is 32.4. The van der Waals surface area contributed by atoms with Gasteiger partial charge in [-0.2, -0.15) is 4.72 Å². The summed E-state index contributed by atoms with van der Waals surface area (Å²) in [5, 5.41) is 36.6. The molecule has 4 radical (unpaired) electrons. The number of fused-ring (bicyclic) bond motifs is 1. The number of imidazole rings is 1. The zero-order valence-electron chi connectivity index (χ0n) is 57.5. The maximum absolute atomic E-state index is 13.7. The summed E-state index contributed by atoms with van der Waals surface area (Å²) >= 11 is 0. The van der Waals surface area contributed by atoms with Gasteiger partial charge < -0.3 is 80.4 Å². The number of sulfonamides is 1. The van der Waals surface area contributed by atoms with E-state index in [9.17, 15) is 71.3 Å². The van der Waals surface area contributed by atoms with E-state index in [4.69, 9.17) is 33.0 Å². The van der Waals surface area contributed by atoms with Crippen LogP contribution >= 0.6 is 16.8 Å². The number of benzene rings is 2. The molecule has 5 amide bonds. The molecule has 34 nitrogen and oxygen atoms in total. The van der Waals surface area contributed by atoms with Crippen LogP contribution < -0.4 is 46.8 Å². The van der Waals surface area contributed by atoms with E-state index in [1.54, 1.807) is 56.9 Å². The molecule has 2 unspecified atom stereocenters. The molecular formula is C64H99N15O19P2S. The number of unbranched alkanes of at least 4 members (excludes halogenated alkanes) is 1. The van der Waals surface area contributed by atoms with E-state index in [0.29, 0.717) is 141 Å². The predicted molar refractivity (Wildman–Crippen MR) is 377 cm³/mol. The van der Waals surface area contributed by atoms with Crippen molar-refractivity contribution in [2.24, 2.45) is 7.05 Å². The molecule has 0 spiro atoms. The molecule has 3 atom stereocenters. The fourth-order valence-electron chi connectivity index (χ4n) is 10.6. The van der Waals surface area contributed by atoms with Gasteiger partial charge in [-0.15, -0.1) is 9.24 Å². The fourth-order valence-corrected chi connectivity index (χ4v) is 13.4. The Balaban J connectivity index is 0.935. The number of H-pyrrole nitrogens is 1. The van der Waals surface area contributed by atoms with Crippen LogP contribution in [0.3, 0.4) is 0 Å². The number of aromatic amines is 1. The van der Waals surface area contributed by atoms with Crippen LogP contribution in [0.5, 0.6) is 5.75 Å². The lowest BCUT2D eigenvalue weighted by molar-refractivity contribution is -0.139. The summed E-state index contributed by atoms with van der Waals surface area (Å²) in [6.45, 7) is 8.18. The minimum Gasteiger partial charge on any atom is -0.494 e. The third-order valence-corrected chi connectivity index (χ3v) is 18.8. The lowest BCUT2D eigenvalue weighted by Crippen LogP contribution is -2.51. The summed E-state index contributed by atoms with van der Waals surface area (Å²) in [7, 11) is 7.42. The maximum atomic E-state index is 13.7. The number of aliphatic carboxylic acids is 2. The minimum atomic E-state index is -4.48. The van der Waals surface area contributed by atoms with Crippen molar-refractivity contribution in [3.8, 4) is 5.75 Å². The van der Waals surface area contributed by atoms with Gasteiger partial charge in [-0.3, -0.25) is 67.4 Å². The highest BCUT2D eigenvalue weighted by molar-refractivity contribution is 7.89. The number of aryl methyl sites for hydroxylation is 3. The van der Waals surface area contributed by atoms with Crippen molar-refractivity contribution in [1.82, 2.24) is 70.3 Å². The topological polar surface area (TPSA) is 440 Å². The van der Waals surface area contributed by atoms with Crippen molar-refractivity contribution in [2.45, 2.75) is 82.3 Å². The number of carbonyl (C=O) groups is 7. The molecule has 0 aliphatic carbocycles. The molecule has 1 fully saturated rings. The Kier molecular flexibility index (Phi) is 37.2. The van der Waals surface area contributed by atoms with Gasteiger partial charge in [-0.05, 0) is 93.3 Å². The molecule has 1 aliphatic rings. The first-order valence-corrected chi connectivity index (χ1v) is 37.3. The van der Waals surface area contributed by atoms with Crippen molar-refractivity contribution in [3.05, 3.63) is 95.5 Å². The van der Waals surface area contributed by atoms with Crippen molar-refractivity contribution in [3.63, 3.8) is 0 Å². The van der Waals surface area contributed by atoms with Crippen LogP contribution in [0.25, 0.3) is 10.9 Å². The predicted octanol–water partition coefficient (Wildman–Crippen LogP) is -0.442. The molecule has 37 heteroatoms. The van der Waals surface area contributed by atoms with E-state index < -0.39 is 83.5 Å². The maximum Gasteiger partial charge on any atom is 0.339 e. The monoisotopic (exact) mass is 1480 g/mol. The summed E-state index contributed by atoms with van der Waals surface area (Å²) in [5.41, 5.74) is 1.04. The lowest BCUT2D eigenvalue weighted by Gasteiger charge is -2.31. The Bertz CT molecular complexity index is 3510. The van der Waals surface area contributed by atoms with Gasteiger partial charge in [0.15, 0.2) is 5.95 Å². The second-order valence-corrected chi connectivity index (χ2v) is 27.8. The molecule has 1 saturated heterocycles. The number of hydrogen-bond acceptors (Lipinski definition) is 22. The van der Waals surface area contributed by atoms with E-state index in [-0.39, 0.29) is 105 Å². The second kappa shape index (κ2) is 44.4. The summed E-state index contributed by atoms with van der Waals surface area (Å²) < 4.78 is 65.3. The van der Waals surface area contributed by atoms with Gasteiger partial charge in [0.2, 0.25) is 39.1 Å². The van der Waals surface area contributed by atoms with E-state index >= 15 is 0 Å². The van der Waals surface area contributed by atoms with Gasteiger partial charge in [0, 0.05) is 156 Å². The molecule has 2 aromatic carbocycles. The Labute approximate surface area is 591 Å². The number of ether oxygens (including phenoxy) is 4. The molecule has 3 heterocycles. The van der Waals surface area contributed by atoms with Gasteiger partial charge in [0.1, 0.15) is 29.7 Å². The number of carboxylic acid groups (broad SMARTS) is 2. The van der Waals surface area contributed by atoms with Crippen LogP contribution in [0.15, 0.2) is 58.6 Å². The number of hydrogen-bond donors (Lipinski definition) is 12. The number of carboxylic acids is 2. The van der Waals surface area contributed by atoms with Crippen molar-refractivity contribution >= 4 is 85.2 Å². The largest absolute Gasteiger partial charge is 0.494 e. The fraction of sp³-hybridized carbons (Fsp3) is 0.578. The highest BCUT2D eigenvalue weighted by Gasteiger charge is 2.30. The number of amides is 5. The Morgan fingerprint density at radius 1 is 0.743 bits per heavy atom. The van der Waals surface area contributed by atoms with Crippen molar-refractivity contribution in [2.75, 3.05) is 162 Å².